The molecule has 0 N–H and O–H groups in total. The maximum absolute atomic E-state index is 6.62. The predicted octanol–water partition coefficient (Wildman–Crippen LogP) is 6.64. The van der Waals surface area contributed by atoms with E-state index < -0.39 is 0 Å². The molecule has 37 heavy (non-hydrogen) atoms. The fourth-order valence-corrected chi connectivity index (χ4v) is 5.37. The first-order valence-electron chi connectivity index (χ1n) is 12.6. The van der Waals surface area contributed by atoms with Gasteiger partial charge in [0.1, 0.15) is 11.6 Å². The number of rotatable bonds is 5. The van der Waals surface area contributed by atoms with Gasteiger partial charge in [-0.15, -0.1) is 0 Å². The number of anilines is 1. The van der Waals surface area contributed by atoms with Gasteiger partial charge in [-0.3, -0.25) is 4.90 Å². The second-order valence-corrected chi connectivity index (χ2v) is 11.5. The summed E-state index contributed by atoms with van der Waals surface area (Å²) in [5, 5.41) is 6.39. The van der Waals surface area contributed by atoms with E-state index in [4.69, 9.17) is 38.0 Å². The Hall–Kier alpha value is -2.80. The molecule has 0 saturated carbocycles. The quantitative estimate of drug-likeness (QED) is 0.285. The highest BCUT2D eigenvalue weighted by atomic mass is 35.5. The minimum Gasteiger partial charge on any atom is -0.496 e. The van der Waals surface area contributed by atoms with Crippen molar-refractivity contribution in [3.63, 3.8) is 0 Å². The number of aryl methyl sites for hydroxylation is 1. The van der Waals surface area contributed by atoms with E-state index in [2.05, 4.69) is 36.6 Å². The molecule has 0 unspecified atom stereocenters. The van der Waals surface area contributed by atoms with Gasteiger partial charge >= 0.3 is 0 Å². The molecule has 1 fully saturated rings. The van der Waals surface area contributed by atoms with Crippen molar-refractivity contribution in [2.24, 2.45) is 0 Å². The predicted molar refractivity (Wildman–Crippen MR) is 152 cm³/mol. The van der Waals surface area contributed by atoms with Crippen LogP contribution in [0.5, 0.6) is 5.75 Å². The van der Waals surface area contributed by atoms with E-state index in [0.29, 0.717) is 5.02 Å². The van der Waals surface area contributed by atoms with Gasteiger partial charge in [0.2, 0.25) is 0 Å². The van der Waals surface area contributed by atoms with E-state index in [1.54, 1.807) is 7.11 Å². The Morgan fingerprint density at radius 2 is 1.70 bits per heavy atom. The third kappa shape index (κ3) is 5.15. The molecule has 0 amide bonds. The fourth-order valence-electron chi connectivity index (χ4n) is 4.94. The first kappa shape index (κ1) is 25.8. The van der Waals surface area contributed by atoms with Crippen LogP contribution in [0.25, 0.3) is 16.8 Å². The van der Waals surface area contributed by atoms with Crippen LogP contribution >= 0.6 is 23.2 Å². The lowest BCUT2D eigenvalue weighted by molar-refractivity contribution is 0.245. The second kappa shape index (κ2) is 10.2. The van der Waals surface area contributed by atoms with Gasteiger partial charge in [-0.25, -0.2) is 4.98 Å². The van der Waals surface area contributed by atoms with Gasteiger partial charge in [0, 0.05) is 65.4 Å². The van der Waals surface area contributed by atoms with E-state index in [9.17, 15) is 0 Å². The molecule has 0 aliphatic carbocycles. The molecule has 3 heterocycles. The van der Waals surface area contributed by atoms with Crippen molar-refractivity contribution in [3.05, 3.63) is 75.5 Å². The molecule has 4 aromatic rings. The van der Waals surface area contributed by atoms with Crippen LogP contribution in [-0.4, -0.2) is 52.8 Å². The van der Waals surface area contributed by atoms with Gasteiger partial charge in [0.25, 0.3) is 0 Å². The molecule has 5 rings (SSSR count). The van der Waals surface area contributed by atoms with Crippen LogP contribution in [0.3, 0.4) is 0 Å². The Morgan fingerprint density at radius 1 is 0.973 bits per heavy atom. The zero-order valence-corrected chi connectivity index (χ0v) is 23.6. The third-order valence-electron chi connectivity index (χ3n) is 6.99. The van der Waals surface area contributed by atoms with E-state index in [0.717, 1.165) is 83.0 Å². The number of hydrogen-bond acceptors (Lipinski definition) is 5. The molecule has 0 atom stereocenters. The Kier molecular flexibility index (Phi) is 7.10. The van der Waals surface area contributed by atoms with Crippen molar-refractivity contribution in [2.45, 2.75) is 39.7 Å². The summed E-state index contributed by atoms with van der Waals surface area (Å²) in [6.07, 6.45) is 0. The van der Waals surface area contributed by atoms with Crippen LogP contribution in [0.1, 0.15) is 37.7 Å². The molecule has 0 spiro atoms. The Balaban J connectivity index is 1.49. The first-order chi connectivity index (χ1) is 17.7. The molecule has 1 saturated heterocycles. The highest BCUT2D eigenvalue weighted by molar-refractivity contribution is 6.33. The molecule has 8 heteroatoms. The molecule has 2 aromatic heterocycles. The monoisotopic (exact) mass is 537 g/mol. The topological polar surface area (TPSA) is 45.9 Å². The lowest BCUT2D eigenvalue weighted by Gasteiger charge is -2.36. The largest absolute Gasteiger partial charge is 0.496 e. The summed E-state index contributed by atoms with van der Waals surface area (Å²) in [5.74, 6) is 1.94. The molecule has 2 aromatic carbocycles. The number of fused-ring (bicyclic) bond motifs is 1. The van der Waals surface area contributed by atoms with Crippen molar-refractivity contribution in [2.75, 3.05) is 38.2 Å². The maximum atomic E-state index is 6.62. The summed E-state index contributed by atoms with van der Waals surface area (Å²) in [4.78, 5) is 9.97. The SMILES string of the molecule is COc1ccc(Cl)cc1CN1CCN(c2cc(C(C)(C)C)nc3c(-c4ccccc4Cl)c(C)nn23)CC1. The van der Waals surface area contributed by atoms with Gasteiger partial charge in [0.15, 0.2) is 5.65 Å². The summed E-state index contributed by atoms with van der Waals surface area (Å²) < 4.78 is 7.56. The van der Waals surface area contributed by atoms with Crippen LogP contribution in [0.2, 0.25) is 10.0 Å². The Labute approximate surface area is 228 Å². The van der Waals surface area contributed by atoms with Crippen molar-refractivity contribution < 1.29 is 4.74 Å². The van der Waals surface area contributed by atoms with E-state index in [1.165, 1.54) is 0 Å². The van der Waals surface area contributed by atoms with Crippen LogP contribution in [0, 0.1) is 6.92 Å². The lowest BCUT2D eigenvalue weighted by atomic mass is 9.91. The van der Waals surface area contributed by atoms with E-state index >= 15 is 0 Å². The van der Waals surface area contributed by atoms with Crippen molar-refractivity contribution >= 4 is 34.7 Å². The van der Waals surface area contributed by atoms with Gasteiger partial charge in [-0.05, 0) is 31.2 Å². The average Bonchev–Trinajstić information content (AvgIpc) is 3.19. The normalized spacial score (nSPS) is 14.9. The van der Waals surface area contributed by atoms with Crippen LogP contribution in [0.15, 0.2) is 48.5 Å². The molecule has 0 bridgehead atoms. The smallest absolute Gasteiger partial charge is 0.165 e. The number of methoxy groups -OCH3 is 1. The molecule has 0 radical (unpaired) electrons. The Bertz CT molecular complexity index is 1430. The average molecular weight is 539 g/mol. The zero-order valence-electron chi connectivity index (χ0n) is 22.1. The number of halogens is 2. The minimum absolute atomic E-state index is 0.114. The number of hydrogen-bond donors (Lipinski definition) is 0. The van der Waals surface area contributed by atoms with Crippen molar-refractivity contribution in [1.29, 1.82) is 0 Å². The summed E-state index contributed by atoms with van der Waals surface area (Å²) in [7, 11) is 1.70. The maximum Gasteiger partial charge on any atom is 0.165 e. The molecule has 1 aliphatic heterocycles. The van der Waals surface area contributed by atoms with Gasteiger partial charge in [-0.1, -0.05) is 62.2 Å². The van der Waals surface area contributed by atoms with Crippen molar-refractivity contribution in [1.82, 2.24) is 19.5 Å². The third-order valence-corrected chi connectivity index (χ3v) is 7.55. The standard InChI is InChI=1S/C29H33Cl2N5O/c1-19-27(22-8-6-7-9-23(22)31)28-32-25(29(2,3)4)17-26(36(28)33-19)35-14-12-34(13-15-35)18-20-16-21(30)10-11-24(20)37-5/h6-11,16-17H,12-15,18H2,1-5H3. The zero-order chi connectivity index (χ0) is 26.3. The molecule has 6 nitrogen and oxygen atoms in total. The summed E-state index contributed by atoms with van der Waals surface area (Å²) >= 11 is 12.9. The number of ether oxygens (including phenoxy) is 1. The Morgan fingerprint density at radius 3 is 2.38 bits per heavy atom. The molecule has 194 valence electrons. The molecular formula is C29H33Cl2N5O. The molecule has 1 aliphatic rings. The fraction of sp³-hybridized carbons (Fsp3) is 0.379. The number of nitrogens with zero attached hydrogens (tertiary/aromatic N) is 5. The molecular weight excluding hydrogens is 505 g/mol. The van der Waals surface area contributed by atoms with Crippen LogP contribution < -0.4 is 9.64 Å². The minimum atomic E-state index is -0.114. The number of benzene rings is 2. The summed E-state index contributed by atoms with van der Waals surface area (Å²) in [6.45, 7) is 13.0. The lowest BCUT2D eigenvalue weighted by Crippen LogP contribution is -2.46. The van der Waals surface area contributed by atoms with Crippen molar-refractivity contribution in [3.8, 4) is 16.9 Å². The second-order valence-electron chi connectivity index (χ2n) is 10.6. The van der Waals surface area contributed by atoms with E-state index in [-0.39, 0.29) is 5.41 Å². The summed E-state index contributed by atoms with van der Waals surface area (Å²) in [5.41, 5.74) is 5.74. The van der Waals surface area contributed by atoms with Crippen LogP contribution in [0.4, 0.5) is 5.82 Å². The first-order valence-corrected chi connectivity index (χ1v) is 13.4. The van der Waals surface area contributed by atoms with Crippen LogP contribution in [-0.2, 0) is 12.0 Å². The van der Waals surface area contributed by atoms with Gasteiger partial charge in [0.05, 0.1) is 24.1 Å². The van der Waals surface area contributed by atoms with Gasteiger partial charge < -0.3 is 9.64 Å². The highest BCUT2D eigenvalue weighted by Gasteiger charge is 2.27. The summed E-state index contributed by atoms with van der Waals surface area (Å²) in [6, 6.07) is 15.9. The van der Waals surface area contributed by atoms with E-state index in [1.807, 2.05) is 53.9 Å². The number of piperazine rings is 1. The van der Waals surface area contributed by atoms with Gasteiger partial charge in [-0.2, -0.15) is 9.61 Å². The number of aromatic nitrogens is 3. The highest BCUT2D eigenvalue weighted by Crippen LogP contribution is 2.36.